The van der Waals surface area contributed by atoms with Crippen LogP contribution in [0, 0.1) is 5.92 Å². The molecule has 0 aromatic heterocycles. The quantitative estimate of drug-likeness (QED) is 0.518. The summed E-state index contributed by atoms with van der Waals surface area (Å²) in [6, 6.07) is 9.98. The van der Waals surface area contributed by atoms with Crippen molar-refractivity contribution in [2.45, 2.75) is 32.5 Å². The van der Waals surface area contributed by atoms with Crippen molar-refractivity contribution in [3.8, 4) is 0 Å². The Balaban J connectivity index is 2.75. The molecule has 0 amide bonds. The SMILES string of the molecule is C=CC[C@H](O[C@@H](C)c1ccccc1)[C@H](C)C(=O)C=C. The van der Waals surface area contributed by atoms with Gasteiger partial charge in [-0.1, -0.05) is 49.9 Å². The van der Waals surface area contributed by atoms with Gasteiger partial charge in [0.25, 0.3) is 0 Å². The number of rotatable bonds is 8. The molecule has 1 rings (SSSR count). The summed E-state index contributed by atoms with van der Waals surface area (Å²) in [4.78, 5) is 11.7. The minimum Gasteiger partial charge on any atom is -0.370 e. The van der Waals surface area contributed by atoms with Crippen molar-refractivity contribution >= 4 is 5.78 Å². The summed E-state index contributed by atoms with van der Waals surface area (Å²) < 4.78 is 6.02. The summed E-state index contributed by atoms with van der Waals surface area (Å²) >= 11 is 0. The molecule has 19 heavy (non-hydrogen) atoms. The second-order valence-electron chi connectivity index (χ2n) is 4.65. The molecule has 0 saturated carbocycles. The topological polar surface area (TPSA) is 26.3 Å². The van der Waals surface area contributed by atoms with Gasteiger partial charge < -0.3 is 4.74 Å². The Labute approximate surface area is 115 Å². The average molecular weight is 258 g/mol. The molecule has 0 unspecified atom stereocenters. The van der Waals surface area contributed by atoms with Crippen LogP contribution >= 0.6 is 0 Å². The molecule has 0 spiro atoms. The second-order valence-corrected chi connectivity index (χ2v) is 4.65. The molecular weight excluding hydrogens is 236 g/mol. The first-order valence-corrected chi connectivity index (χ1v) is 6.57. The first-order valence-electron chi connectivity index (χ1n) is 6.57. The predicted octanol–water partition coefficient (Wildman–Crippen LogP) is 4.10. The van der Waals surface area contributed by atoms with Gasteiger partial charge in [-0.05, 0) is 25.0 Å². The van der Waals surface area contributed by atoms with Gasteiger partial charge in [0.05, 0.1) is 12.2 Å². The Hall–Kier alpha value is -1.67. The van der Waals surface area contributed by atoms with E-state index >= 15 is 0 Å². The number of ether oxygens (including phenoxy) is 1. The maximum Gasteiger partial charge on any atom is 0.160 e. The van der Waals surface area contributed by atoms with Gasteiger partial charge in [0.15, 0.2) is 5.78 Å². The Morgan fingerprint density at radius 2 is 1.89 bits per heavy atom. The van der Waals surface area contributed by atoms with Gasteiger partial charge in [-0.25, -0.2) is 0 Å². The number of ketones is 1. The first-order chi connectivity index (χ1) is 9.10. The lowest BCUT2D eigenvalue weighted by Gasteiger charge is -2.25. The van der Waals surface area contributed by atoms with Gasteiger partial charge in [-0.15, -0.1) is 6.58 Å². The summed E-state index contributed by atoms with van der Waals surface area (Å²) in [6.07, 6.45) is 3.58. The molecule has 2 heteroatoms. The standard InChI is InChI=1S/C17H22O2/c1-5-10-17(13(3)16(18)6-2)19-14(4)15-11-8-7-9-12-15/h5-9,11-14,17H,1-2,10H2,3-4H3/t13-,14+,17+/m1/s1. The highest BCUT2D eigenvalue weighted by Gasteiger charge is 2.24. The van der Waals surface area contributed by atoms with Crippen LogP contribution in [0.3, 0.4) is 0 Å². The molecule has 0 aliphatic heterocycles. The van der Waals surface area contributed by atoms with Gasteiger partial charge in [0.2, 0.25) is 0 Å². The molecule has 0 bridgehead atoms. The van der Waals surface area contributed by atoms with E-state index in [9.17, 15) is 4.79 Å². The fourth-order valence-electron chi connectivity index (χ4n) is 1.98. The number of hydrogen-bond acceptors (Lipinski definition) is 2. The minimum absolute atomic E-state index is 0.00658. The van der Waals surface area contributed by atoms with E-state index in [1.807, 2.05) is 44.2 Å². The number of benzene rings is 1. The summed E-state index contributed by atoms with van der Waals surface area (Å²) in [5.74, 6) is -0.200. The lowest BCUT2D eigenvalue weighted by atomic mass is 9.96. The maximum absolute atomic E-state index is 11.7. The van der Waals surface area contributed by atoms with Gasteiger partial charge in [0.1, 0.15) is 0 Å². The van der Waals surface area contributed by atoms with E-state index in [2.05, 4.69) is 13.2 Å². The number of allylic oxidation sites excluding steroid dienone is 1. The van der Waals surface area contributed by atoms with Crippen LogP contribution in [0.1, 0.15) is 31.9 Å². The van der Waals surface area contributed by atoms with Crippen LogP contribution in [-0.2, 0) is 9.53 Å². The van der Waals surface area contributed by atoms with Crippen LogP contribution in [0.25, 0.3) is 0 Å². The van der Waals surface area contributed by atoms with Crippen LogP contribution in [0.5, 0.6) is 0 Å². The zero-order valence-electron chi connectivity index (χ0n) is 11.7. The van der Waals surface area contributed by atoms with Crippen molar-refractivity contribution in [3.05, 3.63) is 61.2 Å². The Morgan fingerprint density at radius 1 is 1.26 bits per heavy atom. The Kier molecular flexibility index (Phi) is 6.23. The summed E-state index contributed by atoms with van der Waals surface area (Å²) in [6.45, 7) is 11.1. The van der Waals surface area contributed by atoms with Crippen LogP contribution in [0.4, 0.5) is 0 Å². The van der Waals surface area contributed by atoms with E-state index < -0.39 is 0 Å². The molecule has 3 atom stereocenters. The van der Waals surface area contributed by atoms with Crippen molar-refractivity contribution in [3.63, 3.8) is 0 Å². The number of hydrogen-bond donors (Lipinski definition) is 0. The smallest absolute Gasteiger partial charge is 0.160 e. The molecule has 0 aliphatic carbocycles. The van der Waals surface area contributed by atoms with Crippen molar-refractivity contribution in [2.24, 2.45) is 5.92 Å². The maximum atomic E-state index is 11.7. The first kappa shape index (κ1) is 15.4. The number of carbonyl (C=O) groups excluding carboxylic acids is 1. The molecule has 1 aromatic rings. The molecule has 0 heterocycles. The highest BCUT2D eigenvalue weighted by molar-refractivity contribution is 5.91. The van der Waals surface area contributed by atoms with Gasteiger partial charge in [-0.3, -0.25) is 4.79 Å². The zero-order chi connectivity index (χ0) is 14.3. The molecule has 2 nitrogen and oxygen atoms in total. The minimum atomic E-state index is -0.207. The lowest BCUT2D eigenvalue weighted by Crippen LogP contribution is -2.28. The van der Waals surface area contributed by atoms with Gasteiger partial charge >= 0.3 is 0 Å². The molecule has 1 aromatic carbocycles. The molecular formula is C17H22O2. The third-order valence-electron chi connectivity index (χ3n) is 3.25. The molecule has 0 saturated heterocycles. The molecule has 0 fully saturated rings. The molecule has 102 valence electrons. The van der Waals surface area contributed by atoms with Crippen molar-refractivity contribution < 1.29 is 9.53 Å². The van der Waals surface area contributed by atoms with Gasteiger partial charge in [-0.2, -0.15) is 0 Å². The Morgan fingerprint density at radius 3 is 2.42 bits per heavy atom. The van der Waals surface area contributed by atoms with Crippen molar-refractivity contribution in [1.29, 1.82) is 0 Å². The summed E-state index contributed by atoms with van der Waals surface area (Å²) in [7, 11) is 0. The van der Waals surface area contributed by atoms with E-state index in [-0.39, 0.29) is 23.9 Å². The summed E-state index contributed by atoms with van der Waals surface area (Å²) in [5, 5.41) is 0. The molecule has 0 aliphatic rings. The predicted molar refractivity (Wildman–Crippen MR) is 78.9 cm³/mol. The molecule has 0 radical (unpaired) electrons. The third-order valence-corrected chi connectivity index (χ3v) is 3.25. The summed E-state index contributed by atoms with van der Waals surface area (Å²) in [5.41, 5.74) is 1.11. The van der Waals surface area contributed by atoms with Crippen molar-refractivity contribution in [2.75, 3.05) is 0 Å². The van der Waals surface area contributed by atoms with Gasteiger partial charge in [0, 0.05) is 5.92 Å². The van der Waals surface area contributed by atoms with Crippen LogP contribution in [0.2, 0.25) is 0 Å². The second kappa shape index (κ2) is 7.70. The largest absolute Gasteiger partial charge is 0.370 e. The highest BCUT2D eigenvalue weighted by atomic mass is 16.5. The zero-order valence-corrected chi connectivity index (χ0v) is 11.7. The third kappa shape index (κ3) is 4.49. The van der Waals surface area contributed by atoms with E-state index in [1.54, 1.807) is 6.08 Å². The fourth-order valence-corrected chi connectivity index (χ4v) is 1.98. The van der Waals surface area contributed by atoms with E-state index in [0.29, 0.717) is 6.42 Å². The molecule has 0 N–H and O–H groups in total. The van der Waals surface area contributed by atoms with Crippen LogP contribution in [-0.4, -0.2) is 11.9 Å². The fraction of sp³-hybridized carbons (Fsp3) is 0.353. The van der Waals surface area contributed by atoms with Crippen LogP contribution < -0.4 is 0 Å². The number of carbonyl (C=O) groups is 1. The van der Waals surface area contributed by atoms with E-state index in [0.717, 1.165) is 5.56 Å². The van der Waals surface area contributed by atoms with Crippen LogP contribution in [0.15, 0.2) is 55.6 Å². The monoisotopic (exact) mass is 258 g/mol. The average Bonchev–Trinajstić information content (AvgIpc) is 2.46. The highest BCUT2D eigenvalue weighted by Crippen LogP contribution is 2.23. The van der Waals surface area contributed by atoms with E-state index in [4.69, 9.17) is 4.74 Å². The lowest BCUT2D eigenvalue weighted by molar-refractivity contribution is -0.124. The van der Waals surface area contributed by atoms with Crippen molar-refractivity contribution in [1.82, 2.24) is 0 Å². The van der Waals surface area contributed by atoms with E-state index in [1.165, 1.54) is 6.08 Å². The Bertz CT molecular complexity index is 422. The normalized spacial score (nSPS) is 15.3.